The fourth-order valence-electron chi connectivity index (χ4n) is 1.56. The standard InChI is InChI=1S/C9H15N3O3/c1-13-5-6(10)8-11-9(15-12-8)7-3-2-4-14-7/h6-7H,2-5,10H2,1H3. The van der Waals surface area contributed by atoms with E-state index in [4.69, 9.17) is 19.7 Å². The Bertz CT molecular complexity index is 309. The van der Waals surface area contributed by atoms with Gasteiger partial charge in [0.1, 0.15) is 6.10 Å². The van der Waals surface area contributed by atoms with Crippen molar-refractivity contribution in [1.29, 1.82) is 0 Å². The molecule has 0 aromatic carbocycles. The van der Waals surface area contributed by atoms with Gasteiger partial charge in [0.15, 0.2) is 5.82 Å². The van der Waals surface area contributed by atoms with Crippen molar-refractivity contribution in [2.45, 2.75) is 25.0 Å². The largest absolute Gasteiger partial charge is 0.383 e. The van der Waals surface area contributed by atoms with E-state index >= 15 is 0 Å². The summed E-state index contributed by atoms with van der Waals surface area (Å²) in [5.74, 6) is 0.997. The van der Waals surface area contributed by atoms with E-state index in [1.165, 1.54) is 0 Å². The Hall–Kier alpha value is -0.980. The van der Waals surface area contributed by atoms with Gasteiger partial charge in [-0.05, 0) is 12.8 Å². The van der Waals surface area contributed by atoms with Crippen LogP contribution in [0.3, 0.4) is 0 Å². The normalized spacial score (nSPS) is 23.2. The summed E-state index contributed by atoms with van der Waals surface area (Å²) in [5, 5.41) is 3.81. The van der Waals surface area contributed by atoms with Crippen molar-refractivity contribution in [2.75, 3.05) is 20.3 Å². The number of ether oxygens (including phenoxy) is 2. The van der Waals surface area contributed by atoms with E-state index < -0.39 is 0 Å². The maximum Gasteiger partial charge on any atom is 0.255 e. The molecule has 6 nitrogen and oxygen atoms in total. The van der Waals surface area contributed by atoms with Crippen LogP contribution in [-0.4, -0.2) is 30.5 Å². The summed E-state index contributed by atoms with van der Waals surface area (Å²) in [4.78, 5) is 4.20. The third kappa shape index (κ3) is 2.34. The number of nitrogens with two attached hydrogens (primary N) is 1. The molecule has 0 radical (unpaired) electrons. The first kappa shape index (κ1) is 10.5. The van der Waals surface area contributed by atoms with E-state index in [0.29, 0.717) is 18.3 Å². The van der Waals surface area contributed by atoms with E-state index in [1.807, 2.05) is 0 Å². The molecule has 2 heterocycles. The van der Waals surface area contributed by atoms with E-state index in [1.54, 1.807) is 7.11 Å². The monoisotopic (exact) mass is 213 g/mol. The number of hydrogen-bond donors (Lipinski definition) is 1. The van der Waals surface area contributed by atoms with Gasteiger partial charge in [0.05, 0.1) is 12.6 Å². The average molecular weight is 213 g/mol. The first-order valence-corrected chi connectivity index (χ1v) is 5.01. The summed E-state index contributed by atoms with van der Waals surface area (Å²) < 4.78 is 15.4. The Morgan fingerprint density at radius 3 is 3.20 bits per heavy atom. The van der Waals surface area contributed by atoms with Crippen molar-refractivity contribution in [3.63, 3.8) is 0 Å². The lowest BCUT2D eigenvalue weighted by molar-refractivity contribution is 0.0835. The number of nitrogens with zero attached hydrogens (tertiary/aromatic N) is 2. The quantitative estimate of drug-likeness (QED) is 0.787. The van der Waals surface area contributed by atoms with Crippen LogP contribution in [0.5, 0.6) is 0 Å². The third-order valence-electron chi connectivity index (χ3n) is 2.34. The fraction of sp³-hybridized carbons (Fsp3) is 0.778. The van der Waals surface area contributed by atoms with Crippen LogP contribution in [-0.2, 0) is 9.47 Å². The lowest BCUT2D eigenvalue weighted by atomic mass is 10.2. The zero-order chi connectivity index (χ0) is 10.7. The predicted octanol–water partition coefficient (Wildman–Crippen LogP) is 0.567. The predicted molar refractivity (Wildman–Crippen MR) is 51.0 cm³/mol. The van der Waals surface area contributed by atoms with Crippen LogP contribution in [0.2, 0.25) is 0 Å². The highest BCUT2D eigenvalue weighted by molar-refractivity contribution is 4.96. The van der Waals surface area contributed by atoms with Crippen molar-refractivity contribution in [3.05, 3.63) is 11.7 Å². The molecule has 2 atom stereocenters. The zero-order valence-corrected chi connectivity index (χ0v) is 8.68. The molecule has 1 aliphatic heterocycles. The summed E-state index contributed by atoms with van der Waals surface area (Å²) in [6.45, 7) is 1.14. The number of rotatable bonds is 4. The summed E-state index contributed by atoms with van der Waals surface area (Å²) in [6.07, 6.45) is 1.91. The second-order valence-corrected chi connectivity index (χ2v) is 3.55. The van der Waals surface area contributed by atoms with E-state index in [2.05, 4.69) is 10.1 Å². The Balaban J connectivity index is 2.02. The maximum atomic E-state index is 5.77. The molecule has 1 aromatic rings. The van der Waals surface area contributed by atoms with Gasteiger partial charge in [-0.1, -0.05) is 5.16 Å². The minimum Gasteiger partial charge on any atom is -0.383 e. The molecule has 1 aromatic heterocycles. The van der Waals surface area contributed by atoms with Crippen LogP contribution in [0.4, 0.5) is 0 Å². The van der Waals surface area contributed by atoms with Crippen LogP contribution in [0.1, 0.15) is 36.7 Å². The topological polar surface area (TPSA) is 83.4 Å². The molecule has 0 bridgehead atoms. The van der Waals surface area contributed by atoms with Gasteiger partial charge in [-0.2, -0.15) is 4.98 Å². The molecule has 2 unspecified atom stereocenters. The van der Waals surface area contributed by atoms with E-state index in [-0.39, 0.29) is 12.1 Å². The second-order valence-electron chi connectivity index (χ2n) is 3.55. The number of hydrogen-bond acceptors (Lipinski definition) is 6. The SMILES string of the molecule is COCC(N)c1noc(C2CCCO2)n1. The summed E-state index contributed by atoms with van der Waals surface area (Å²) in [6, 6.07) is -0.339. The first-order chi connectivity index (χ1) is 7.31. The Labute approximate surface area is 87.7 Å². The van der Waals surface area contributed by atoms with E-state index in [0.717, 1.165) is 19.4 Å². The molecule has 2 rings (SSSR count). The smallest absolute Gasteiger partial charge is 0.255 e. The molecule has 0 saturated carbocycles. The van der Waals surface area contributed by atoms with Gasteiger partial charge in [0, 0.05) is 13.7 Å². The highest BCUT2D eigenvalue weighted by Crippen LogP contribution is 2.27. The summed E-state index contributed by atoms with van der Waals surface area (Å²) in [7, 11) is 1.58. The highest BCUT2D eigenvalue weighted by Gasteiger charge is 2.25. The lowest BCUT2D eigenvalue weighted by Crippen LogP contribution is -2.17. The van der Waals surface area contributed by atoms with Crippen LogP contribution in [0.25, 0.3) is 0 Å². The van der Waals surface area contributed by atoms with Crippen molar-refractivity contribution in [1.82, 2.24) is 10.1 Å². The lowest BCUT2D eigenvalue weighted by Gasteiger charge is -2.04. The Morgan fingerprint density at radius 1 is 1.67 bits per heavy atom. The highest BCUT2D eigenvalue weighted by atomic mass is 16.5. The Kier molecular flexibility index (Phi) is 3.30. The molecule has 84 valence electrons. The molecule has 1 saturated heterocycles. The first-order valence-electron chi connectivity index (χ1n) is 5.01. The molecular formula is C9H15N3O3. The molecule has 0 aliphatic carbocycles. The zero-order valence-electron chi connectivity index (χ0n) is 8.68. The summed E-state index contributed by atoms with van der Waals surface area (Å²) in [5.41, 5.74) is 5.77. The third-order valence-corrected chi connectivity index (χ3v) is 2.34. The molecule has 15 heavy (non-hydrogen) atoms. The molecule has 0 spiro atoms. The van der Waals surface area contributed by atoms with Gasteiger partial charge in [0.25, 0.3) is 5.89 Å². The van der Waals surface area contributed by atoms with Gasteiger partial charge in [-0.25, -0.2) is 0 Å². The minimum absolute atomic E-state index is 0.0546. The molecule has 2 N–H and O–H groups in total. The maximum absolute atomic E-state index is 5.77. The van der Waals surface area contributed by atoms with Gasteiger partial charge >= 0.3 is 0 Å². The van der Waals surface area contributed by atoms with Crippen molar-refractivity contribution in [2.24, 2.45) is 5.73 Å². The van der Waals surface area contributed by atoms with E-state index in [9.17, 15) is 0 Å². The van der Waals surface area contributed by atoms with Crippen LogP contribution in [0.15, 0.2) is 4.52 Å². The van der Waals surface area contributed by atoms with Crippen LogP contribution < -0.4 is 5.73 Å². The molecule has 1 fully saturated rings. The second kappa shape index (κ2) is 4.69. The van der Waals surface area contributed by atoms with Crippen molar-refractivity contribution in [3.8, 4) is 0 Å². The van der Waals surface area contributed by atoms with Gasteiger partial charge < -0.3 is 19.7 Å². The van der Waals surface area contributed by atoms with Gasteiger partial charge in [-0.15, -0.1) is 0 Å². The molecule has 0 amide bonds. The average Bonchev–Trinajstić information content (AvgIpc) is 2.89. The molecular weight excluding hydrogens is 198 g/mol. The number of aromatic nitrogens is 2. The number of methoxy groups -OCH3 is 1. The van der Waals surface area contributed by atoms with Gasteiger partial charge in [-0.3, -0.25) is 0 Å². The van der Waals surface area contributed by atoms with Crippen LogP contribution in [0, 0.1) is 0 Å². The Morgan fingerprint density at radius 2 is 2.53 bits per heavy atom. The summed E-state index contributed by atoms with van der Waals surface area (Å²) >= 11 is 0. The van der Waals surface area contributed by atoms with Gasteiger partial charge in [0.2, 0.25) is 0 Å². The fourth-order valence-corrected chi connectivity index (χ4v) is 1.56. The van der Waals surface area contributed by atoms with Crippen molar-refractivity contribution < 1.29 is 14.0 Å². The van der Waals surface area contributed by atoms with Crippen LogP contribution >= 0.6 is 0 Å². The molecule has 6 heteroatoms. The minimum atomic E-state index is -0.339. The van der Waals surface area contributed by atoms with Crippen molar-refractivity contribution >= 4 is 0 Å². The molecule has 1 aliphatic rings.